The quantitative estimate of drug-likeness (QED) is 0.751. The molecule has 25 heavy (non-hydrogen) atoms. The maximum Gasteiger partial charge on any atom is 0.214 e. The Balaban J connectivity index is 1.54. The Kier molecular flexibility index (Phi) is 3.81. The molecule has 1 saturated heterocycles. The summed E-state index contributed by atoms with van der Waals surface area (Å²) in [4.78, 5) is 9.73. The molecule has 0 unspecified atom stereocenters. The van der Waals surface area contributed by atoms with E-state index in [9.17, 15) is 0 Å². The highest BCUT2D eigenvalue weighted by Gasteiger charge is 2.37. The largest absolute Gasteiger partial charge is 0.357 e. The first-order valence-electron chi connectivity index (χ1n) is 8.62. The second kappa shape index (κ2) is 5.78. The fourth-order valence-corrected chi connectivity index (χ4v) is 4.87. The fraction of sp³-hybridized carbons (Fsp3) is 0.500. The minimum Gasteiger partial charge on any atom is -0.357 e. The Morgan fingerprint density at radius 2 is 2.00 bits per heavy atom. The molecule has 1 aliphatic heterocycles. The Morgan fingerprint density at radius 3 is 2.64 bits per heavy atom. The molecular weight excluding hydrogens is 332 g/mol. The van der Waals surface area contributed by atoms with Gasteiger partial charge in [-0.15, -0.1) is 5.10 Å². The molecule has 3 aromatic rings. The van der Waals surface area contributed by atoms with Crippen LogP contribution in [-0.4, -0.2) is 36.7 Å². The minimum absolute atomic E-state index is 0.115. The van der Waals surface area contributed by atoms with Crippen LogP contribution in [-0.2, 0) is 0 Å². The number of imidazole rings is 1. The van der Waals surface area contributed by atoms with E-state index < -0.39 is 0 Å². The predicted octanol–water partition coefficient (Wildman–Crippen LogP) is 3.57. The highest BCUT2D eigenvalue weighted by atomic mass is 32.1. The van der Waals surface area contributed by atoms with Crippen LogP contribution in [0.1, 0.15) is 40.5 Å². The lowest BCUT2D eigenvalue weighted by atomic mass is 9.80. The average molecular weight is 356 g/mol. The van der Waals surface area contributed by atoms with Crippen LogP contribution in [0.25, 0.3) is 16.2 Å². The van der Waals surface area contributed by atoms with Crippen molar-refractivity contribution in [3.63, 3.8) is 0 Å². The molecule has 4 heterocycles. The van der Waals surface area contributed by atoms with Crippen molar-refractivity contribution < 1.29 is 0 Å². The Hall–Kier alpha value is -1.99. The lowest BCUT2D eigenvalue weighted by Gasteiger charge is -2.46. The van der Waals surface area contributed by atoms with Crippen molar-refractivity contribution in [3.8, 4) is 11.3 Å². The second-order valence-corrected chi connectivity index (χ2v) is 9.10. The molecule has 0 bridgehead atoms. The first kappa shape index (κ1) is 16.5. The molecule has 4 rings (SSSR count). The van der Waals surface area contributed by atoms with Gasteiger partial charge in [-0.3, -0.25) is 4.98 Å². The summed E-state index contributed by atoms with van der Waals surface area (Å²) in [7, 11) is 0. The maximum atomic E-state index is 4.68. The zero-order valence-corrected chi connectivity index (χ0v) is 15.9. The van der Waals surface area contributed by atoms with Gasteiger partial charge >= 0.3 is 0 Å². The van der Waals surface area contributed by atoms with Crippen LogP contribution in [0, 0.1) is 0 Å². The molecule has 0 aromatic carbocycles. The van der Waals surface area contributed by atoms with Gasteiger partial charge in [-0.2, -0.15) is 0 Å². The van der Waals surface area contributed by atoms with Crippen LogP contribution in [0.5, 0.6) is 0 Å². The van der Waals surface area contributed by atoms with Crippen molar-refractivity contribution in [2.45, 2.75) is 57.7 Å². The second-order valence-electron chi connectivity index (χ2n) is 8.14. The van der Waals surface area contributed by atoms with Crippen LogP contribution >= 0.6 is 11.3 Å². The summed E-state index contributed by atoms with van der Waals surface area (Å²) in [5.74, 6) is 0. The molecule has 0 atom stereocenters. The van der Waals surface area contributed by atoms with Gasteiger partial charge in [0.15, 0.2) is 0 Å². The van der Waals surface area contributed by atoms with Gasteiger partial charge < -0.3 is 10.6 Å². The summed E-state index contributed by atoms with van der Waals surface area (Å²) in [5, 5.41) is 12.9. The third-order valence-corrected chi connectivity index (χ3v) is 5.37. The summed E-state index contributed by atoms with van der Waals surface area (Å²) >= 11 is 1.60. The van der Waals surface area contributed by atoms with Gasteiger partial charge in [-0.1, -0.05) is 11.3 Å². The SMILES string of the molecule is CC1(C)CC(Nc2nn3cc(-c4cccnc4)nc3s2)CC(C)(C)N1. The summed E-state index contributed by atoms with van der Waals surface area (Å²) in [5.41, 5.74) is 2.15. The number of aromatic nitrogens is 4. The van der Waals surface area contributed by atoms with Gasteiger partial charge in [-0.05, 0) is 52.7 Å². The Morgan fingerprint density at radius 1 is 1.24 bits per heavy atom. The molecule has 1 aliphatic rings. The summed E-state index contributed by atoms with van der Waals surface area (Å²) in [6.07, 6.45) is 7.69. The molecule has 0 saturated carbocycles. The van der Waals surface area contributed by atoms with E-state index in [2.05, 4.69) is 53.4 Å². The van der Waals surface area contributed by atoms with Gasteiger partial charge in [-0.25, -0.2) is 9.50 Å². The van der Waals surface area contributed by atoms with E-state index in [1.54, 1.807) is 17.5 Å². The molecule has 3 aromatic heterocycles. The predicted molar refractivity (Wildman–Crippen MR) is 102 cm³/mol. The molecule has 6 nitrogen and oxygen atoms in total. The standard InChI is InChI=1S/C18H24N6S/c1-17(2)8-13(9-18(3,4)23-17)20-15-22-24-11-14(21-16(24)25-15)12-6-5-7-19-10-12/h5-7,10-11,13,23H,8-9H2,1-4H3,(H,20,22). The zero-order valence-electron chi connectivity index (χ0n) is 15.1. The smallest absolute Gasteiger partial charge is 0.214 e. The molecule has 132 valence electrons. The summed E-state index contributed by atoms with van der Waals surface area (Å²) in [6.45, 7) is 9.05. The topological polar surface area (TPSA) is 67.1 Å². The maximum absolute atomic E-state index is 4.68. The number of hydrogen-bond acceptors (Lipinski definition) is 6. The van der Waals surface area contributed by atoms with Crippen LogP contribution in [0.4, 0.5) is 5.13 Å². The van der Waals surface area contributed by atoms with Crippen molar-refractivity contribution in [2.75, 3.05) is 5.32 Å². The van der Waals surface area contributed by atoms with E-state index in [1.165, 1.54) is 0 Å². The van der Waals surface area contributed by atoms with Gasteiger partial charge in [0, 0.05) is 35.1 Å². The summed E-state index contributed by atoms with van der Waals surface area (Å²) in [6, 6.07) is 4.33. The van der Waals surface area contributed by atoms with Crippen LogP contribution in [0.3, 0.4) is 0 Å². The lowest BCUT2D eigenvalue weighted by molar-refractivity contribution is 0.170. The van der Waals surface area contributed by atoms with E-state index in [0.29, 0.717) is 6.04 Å². The summed E-state index contributed by atoms with van der Waals surface area (Å²) < 4.78 is 1.85. The van der Waals surface area contributed by atoms with E-state index in [-0.39, 0.29) is 11.1 Å². The van der Waals surface area contributed by atoms with Crippen molar-refractivity contribution in [3.05, 3.63) is 30.7 Å². The third-order valence-electron chi connectivity index (χ3n) is 4.52. The molecular formula is C18H24N6S. The number of fused-ring (bicyclic) bond motifs is 1. The number of nitrogens with zero attached hydrogens (tertiary/aromatic N) is 4. The number of rotatable bonds is 3. The van der Waals surface area contributed by atoms with Crippen molar-refractivity contribution in [2.24, 2.45) is 0 Å². The third kappa shape index (κ3) is 3.52. The minimum atomic E-state index is 0.115. The number of anilines is 1. The van der Waals surface area contributed by atoms with E-state index in [0.717, 1.165) is 34.2 Å². The molecule has 1 fully saturated rings. The van der Waals surface area contributed by atoms with Crippen molar-refractivity contribution in [1.29, 1.82) is 0 Å². The number of hydrogen-bond donors (Lipinski definition) is 2. The van der Waals surface area contributed by atoms with Crippen LogP contribution < -0.4 is 10.6 Å². The monoisotopic (exact) mass is 356 g/mol. The molecule has 0 spiro atoms. The number of nitrogens with one attached hydrogen (secondary N) is 2. The first-order chi connectivity index (χ1) is 11.8. The van der Waals surface area contributed by atoms with Crippen molar-refractivity contribution in [1.82, 2.24) is 24.9 Å². The number of piperidine rings is 1. The van der Waals surface area contributed by atoms with E-state index in [4.69, 9.17) is 0 Å². The fourth-order valence-electron chi connectivity index (χ4n) is 4.01. The van der Waals surface area contributed by atoms with E-state index in [1.807, 2.05) is 29.0 Å². The first-order valence-corrected chi connectivity index (χ1v) is 9.44. The zero-order chi connectivity index (χ0) is 17.7. The Labute approximate surface area is 151 Å². The van der Waals surface area contributed by atoms with Gasteiger partial charge in [0.1, 0.15) is 0 Å². The molecule has 2 N–H and O–H groups in total. The van der Waals surface area contributed by atoms with Gasteiger partial charge in [0.2, 0.25) is 10.1 Å². The highest BCUT2D eigenvalue weighted by molar-refractivity contribution is 7.20. The van der Waals surface area contributed by atoms with Gasteiger partial charge in [0.05, 0.1) is 11.9 Å². The average Bonchev–Trinajstić information content (AvgIpc) is 3.03. The molecule has 0 radical (unpaired) electrons. The number of pyridine rings is 1. The highest BCUT2D eigenvalue weighted by Crippen LogP contribution is 2.32. The molecule has 7 heteroatoms. The van der Waals surface area contributed by atoms with Crippen molar-refractivity contribution >= 4 is 21.4 Å². The lowest BCUT2D eigenvalue weighted by Crippen LogP contribution is -2.60. The van der Waals surface area contributed by atoms with Crippen LogP contribution in [0.15, 0.2) is 30.7 Å². The normalized spacial score (nSPS) is 20.0. The Bertz CT molecular complexity index is 832. The van der Waals surface area contributed by atoms with E-state index >= 15 is 0 Å². The van der Waals surface area contributed by atoms with Gasteiger partial charge in [0.25, 0.3) is 0 Å². The van der Waals surface area contributed by atoms with Crippen LogP contribution in [0.2, 0.25) is 0 Å². The molecule has 0 aliphatic carbocycles. The molecule has 0 amide bonds.